The molecular weight excluding hydrogens is 510 g/mol. The summed E-state index contributed by atoms with van der Waals surface area (Å²) in [6.07, 6.45) is 3.81. The molecule has 38 heavy (non-hydrogen) atoms. The summed E-state index contributed by atoms with van der Waals surface area (Å²) >= 11 is 1.22. The summed E-state index contributed by atoms with van der Waals surface area (Å²) in [4.78, 5) is 45.1. The van der Waals surface area contributed by atoms with Crippen LogP contribution in [0.5, 0.6) is 0 Å². The highest BCUT2D eigenvalue weighted by Crippen LogP contribution is 2.36. The van der Waals surface area contributed by atoms with Crippen LogP contribution in [0.1, 0.15) is 43.9 Å². The number of hydrogen-bond donors (Lipinski definition) is 1. The summed E-state index contributed by atoms with van der Waals surface area (Å²) in [7, 11) is 0. The van der Waals surface area contributed by atoms with E-state index in [1.165, 1.54) is 42.2 Å². The first-order valence-corrected chi connectivity index (χ1v) is 13.2. The normalized spacial score (nSPS) is 15.7. The second-order valence-electron chi connectivity index (χ2n) is 9.82. The maximum absolute atomic E-state index is 14.0. The van der Waals surface area contributed by atoms with Gasteiger partial charge < -0.3 is 19.0 Å². The summed E-state index contributed by atoms with van der Waals surface area (Å²) in [5.41, 5.74) is -1.72. The van der Waals surface area contributed by atoms with E-state index in [-0.39, 0.29) is 18.0 Å². The van der Waals surface area contributed by atoms with Gasteiger partial charge in [-0.15, -0.1) is 11.3 Å². The molecule has 10 nitrogen and oxygen atoms in total. The van der Waals surface area contributed by atoms with E-state index in [4.69, 9.17) is 13.9 Å². The third-order valence-electron chi connectivity index (χ3n) is 6.97. The highest BCUT2D eigenvalue weighted by Gasteiger charge is 2.36. The predicted octanol–water partition coefficient (Wildman–Crippen LogP) is 3.94. The van der Waals surface area contributed by atoms with E-state index < -0.39 is 28.9 Å². The van der Waals surface area contributed by atoms with Gasteiger partial charge in [0, 0.05) is 13.2 Å². The number of nitrogens with zero attached hydrogens (tertiary/aromatic N) is 3. The lowest BCUT2D eigenvalue weighted by Crippen LogP contribution is -2.52. The number of hydrogen-bond acceptors (Lipinski definition) is 8. The Hall–Kier alpha value is -3.54. The number of ether oxygens (including phenoxy) is 2. The lowest BCUT2D eigenvalue weighted by Gasteiger charge is -2.29. The van der Waals surface area contributed by atoms with Crippen molar-refractivity contribution in [2.45, 2.75) is 57.9 Å². The number of aryl methyl sites for hydroxylation is 1. The van der Waals surface area contributed by atoms with Gasteiger partial charge in [0.05, 0.1) is 29.1 Å². The van der Waals surface area contributed by atoms with E-state index in [0.29, 0.717) is 34.4 Å². The molecule has 0 amide bonds. The molecule has 1 aliphatic rings. The van der Waals surface area contributed by atoms with Gasteiger partial charge in [-0.1, -0.05) is 30.3 Å². The van der Waals surface area contributed by atoms with Gasteiger partial charge in [-0.2, -0.15) is 0 Å². The number of carboxylic acid groups (broad SMARTS) is 1. The first-order valence-electron chi connectivity index (χ1n) is 12.4. The van der Waals surface area contributed by atoms with Crippen molar-refractivity contribution in [3.63, 3.8) is 0 Å². The molecule has 1 aromatic carbocycles. The van der Waals surface area contributed by atoms with E-state index in [0.717, 1.165) is 23.0 Å². The molecule has 1 fully saturated rings. The standard InChI is InChI=1S/C27H29N3O7S/c1-16-20-23(31)30(27(2,3)25(32)33)26(34)29(24(20)38-21(16)22-28-11-14-36-22)15-19(17-7-5-4-6-8-17)37-18-9-12-35-13-10-18/h4-8,11,14,18-19H,9-10,12-13,15H2,1-3H3,(H,32,33)/t19-/m0/s1. The Balaban J connectivity index is 1.74. The van der Waals surface area contributed by atoms with Gasteiger partial charge in [-0.3, -0.25) is 9.36 Å². The number of benzene rings is 1. The van der Waals surface area contributed by atoms with Crippen LogP contribution in [0.25, 0.3) is 21.0 Å². The van der Waals surface area contributed by atoms with E-state index in [2.05, 4.69) is 4.98 Å². The monoisotopic (exact) mass is 539 g/mol. The van der Waals surface area contributed by atoms with Crippen LogP contribution in [0.4, 0.5) is 0 Å². The molecule has 1 atom stereocenters. The highest BCUT2D eigenvalue weighted by molar-refractivity contribution is 7.22. The number of carbonyl (C=O) groups is 1. The average Bonchev–Trinajstić information content (AvgIpc) is 3.55. The molecule has 0 spiro atoms. The number of rotatable bonds is 8. The van der Waals surface area contributed by atoms with Crippen molar-refractivity contribution < 1.29 is 23.8 Å². The SMILES string of the molecule is Cc1c(-c2ncco2)sc2c1c(=O)n(C(C)(C)C(=O)O)c(=O)n2C[C@H](OC1CCOCC1)c1ccccc1. The van der Waals surface area contributed by atoms with Gasteiger partial charge in [0.25, 0.3) is 5.56 Å². The Labute approximate surface area is 222 Å². The van der Waals surface area contributed by atoms with Crippen LogP contribution in [-0.2, 0) is 26.4 Å². The van der Waals surface area contributed by atoms with E-state index in [9.17, 15) is 19.5 Å². The first kappa shape index (κ1) is 26.1. The van der Waals surface area contributed by atoms with Crippen LogP contribution in [0.2, 0.25) is 0 Å². The van der Waals surface area contributed by atoms with E-state index >= 15 is 0 Å². The Morgan fingerprint density at radius 2 is 1.95 bits per heavy atom. The number of aliphatic carboxylic acids is 1. The quantitative estimate of drug-likeness (QED) is 0.357. The van der Waals surface area contributed by atoms with Crippen molar-refractivity contribution in [2.75, 3.05) is 13.2 Å². The van der Waals surface area contributed by atoms with Gasteiger partial charge in [-0.05, 0) is 44.7 Å². The fraction of sp³-hybridized carbons (Fsp3) is 0.407. The van der Waals surface area contributed by atoms with Crippen LogP contribution in [-0.4, -0.2) is 44.5 Å². The molecular formula is C27H29N3O7S. The third-order valence-corrected chi connectivity index (χ3v) is 8.27. The topological polar surface area (TPSA) is 126 Å². The zero-order valence-electron chi connectivity index (χ0n) is 21.4. The molecule has 5 rings (SSSR count). The number of oxazole rings is 1. The Morgan fingerprint density at radius 3 is 2.58 bits per heavy atom. The first-order chi connectivity index (χ1) is 18.2. The lowest BCUT2D eigenvalue weighted by molar-refractivity contribution is -0.146. The minimum Gasteiger partial charge on any atom is -0.480 e. The minimum absolute atomic E-state index is 0.0607. The largest absolute Gasteiger partial charge is 0.480 e. The summed E-state index contributed by atoms with van der Waals surface area (Å²) in [6, 6.07) is 9.57. The second-order valence-corrected chi connectivity index (χ2v) is 10.8. The molecule has 0 aliphatic carbocycles. The Morgan fingerprint density at radius 1 is 1.24 bits per heavy atom. The average molecular weight is 540 g/mol. The zero-order valence-corrected chi connectivity index (χ0v) is 22.2. The molecule has 0 saturated carbocycles. The summed E-state index contributed by atoms with van der Waals surface area (Å²) in [5, 5.41) is 10.2. The second kappa shape index (κ2) is 10.3. The van der Waals surface area contributed by atoms with Crippen LogP contribution >= 0.6 is 11.3 Å². The van der Waals surface area contributed by atoms with Gasteiger partial charge in [-0.25, -0.2) is 19.1 Å². The van der Waals surface area contributed by atoms with Crippen LogP contribution in [0.3, 0.4) is 0 Å². The third kappa shape index (κ3) is 4.61. The van der Waals surface area contributed by atoms with Crippen LogP contribution < -0.4 is 11.2 Å². The molecule has 4 heterocycles. The maximum atomic E-state index is 14.0. The fourth-order valence-electron chi connectivity index (χ4n) is 4.74. The van der Waals surface area contributed by atoms with Crippen molar-refractivity contribution in [2.24, 2.45) is 0 Å². The smallest absolute Gasteiger partial charge is 0.333 e. The molecule has 4 aromatic rings. The van der Waals surface area contributed by atoms with E-state index in [1.807, 2.05) is 30.3 Å². The Kier molecular flexibility index (Phi) is 7.08. The molecule has 1 N–H and O–H groups in total. The summed E-state index contributed by atoms with van der Waals surface area (Å²) in [5.74, 6) is -0.967. The molecule has 11 heteroatoms. The maximum Gasteiger partial charge on any atom is 0.333 e. The van der Waals surface area contributed by atoms with Crippen molar-refractivity contribution in [3.05, 3.63) is 74.8 Å². The van der Waals surface area contributed by atoms with Gasteiger partial charge in [0.2, 0.25) is 5.89 Å². The molecule has 0 unspecified atom stereocenters. The number of carboxylic acids is 1. The number of thiophene rings is 1. The Bertz CT molecular complexity index is 1560. The van der Waals surface area contributed by atoms with Crippen molar-refractivity contribution >= 4 is 27.5 Å². The van der Waals surface area contributed by atoms with Crippen molar-refractivity contribution in [1.82, 2.24) is 14.1 Å². The van der Waals surface area contributed by atoms with Gasteiger partial charge in [0.15, 0.2) is 0 Å². The summed E-state index contributed by atoms with van der Waals surface area (Å²) in [6.45, 7) is 5.71. The van der Waals surface area contributed by atoms with E-state index in [1.54, 1.807) is 6.92 Å². The highest BCUT2D eigenvalue weighted by atomic mass is 32.1. The molecule has 0 bridgehead atoms. The fourth-order valence-corrected chi connectivity index (χ4v) is 5.98. The molecule has 1 aliphatic heterocycles. The minimum atomic E-state index is -1.79. The lowest BCUT2D eigenvalue weighted by atomic mass is 10.1. The molecule has 1 saturated heterocycles. The van der Waals surface area contributed by atoms with Crippen LogP contribution in [0, 0.1) is 6.92 Å². The summed E-state index contributed by atoms with van der Waals surface area (Å²) < 4.78 is 19.8. The van der Waals surface area contributed by atoms with Crippen molar-refractivity contribution in [1.29, 1.82) is 0 Å². The molecule has 3 aromatic heterocycles. The molecule has 200 valence electrons. The predicted molar refractivity (Wildman–Crippen MR) is 142 cm³/mol. The zero-order chi connectivity index (χ0) is 27.0. The van der Waals surface area contributed by atoms with Gasteiger partial charge in [0.1, 0.15) is 22.7 Å². The van der Waals surface area contributed by atoms with Crippen LogP contribution in [0.15, 0.2) is 56.8 Å². The molecule has 0 radical (unpaired) electrons. The number of aromatic nitrogens is 3. The number of fused-ring (bicyclic) bond motifs is 1. The van der Waals surface area contributed by atoms with Gasteiger partial charge >= 0.3 is 11.7 Å². The van der Waals surface area contributed by atoms with Crippen molar-refractivity contribution in [3.8, 4) is 10.8 Å².